The maximum Gasteiger partial charge on any atom is 0.175 e. The molecule has 0 spiro atoms. The third-order valence-corrected chi connectivity index (χ3v) is 4.78. The van der Waals surface area contributed by atoms with Crippen LogP contribution in [-0.2, 0) is 16.4 Å². The third kappa shape index (κ3) is 4.94. The van der Waals surface area contributed by atoms with Gasteiger partial charge in [0.2, 0.25) is 0 Å². The molecule has 0 aliphatic heterocycles. The van der Waals surface area contributed by atoms with E-state index in [9.17, 15) is 8.42 Å². The van der Waals surface area contributed by atoms with E-state index in [1.807, 2.05) is 25.1 Å². The smallest absolute Gasteiger partial charge is 0.175 e. The van der Waals surface area contributed by atoms with E-state index in [1.54, 1.807) is 31.4 Å². The van der Waals surface area contributed by atoms with Crippen LogP contribution in [0.15, 0.2) is 47.4 Å². The molecule has 128 valence electrons. The highest BCUT2D eigenvalue weighted by molar-refractivity contribution is 7.90. The van der Waals surface area contributed by atoms with Crippen LogP contribution in [-0.4, -0.2) is 26.9 Å². The molecule has 0 fully saturated rings. The Bertz CT molecular complexity index is 831. The van der Waals surface area contributed by atoms with Crippen molar-refractivity contribution in [3.63, 3.8) is 0 Å². The van der Waals surface area contributed by atoms with Gasteiger partial charge in [-0.3, -0.25) is 0 Å². The predicted molar refractivity (Wildman–Crippen MR) is 100 cm³/mol. The van der Waals surface area contributed by atoms with E-state index in [0.29, 0.717) is 22.3 Å². The van der Waals surface area contributed by atoms with Gasteiger partial charge < -0.3 is 15.4 Å². The molecule has 0 aromatic heterocycles. The Labute approximate surface area is 148 Å². The van der Waals surface area contributed by atoms with E-state index < -0.39 is 9.84 Å². The maximum atomic E-state index is 11.4. The van der Waals surface area contributed by atoms with Crippen LogP contribution in [0, 0.1) is 6.92 Å². The van der Waals surface area contributed by atoms with Crippen LogP contribution in [0.1, 0.15) is 11.1 Å². The summed E-state index contributed by atoms with van der Waals surface area (Å²) in [5, 5.41) is 6.66. The number of nitrogens with one attached hydrogen (secondary N) is 2. The Morgan fingerprint density at radius 2 is 1.83 bits per heavy atom. The van der Waals surface area contributed by atoms with Gasteiger partial charge in [-0.15, -0.1) is 0 Å². The molecule has 2 aromatic carbocycles. The number of thiocarbonyl (C=S) groups is 1. The lowest BCUT2D eigenvalue weighted by molar-refractivity contribution is 0.417. The largest absolute Gasteiger partial charge is 0.495 e. The van der Waals surface area contributed by atoms with Crippen molar-refractivity contribution < 1.29 is 13.2 Å². The molecule has 7 heteroatoms. The molecule has 0 bridgehead atoms. The van der Waals surface area contributed by atoms with Gasteiger partial charge in [0.15, 0.2) is 14.9 Å². The summed E-state index contributed by atoms with van der Waals surface area (Å²) in [6.07, 6.45) is 1.19. The van der Waals surface area contributed by atoms with Crippen LogP contribution in [0.4, 0.5) is 5.69 Å². The summed E-state index contributed by atoms with van der Waals surface area (Å²) in [7, 11) is -1.57. The number of ether oxygens (including phenoxy) is 1. The summed E-state index contributed by atoms with van der Waals surface area (Å²) in [4.78, 5) is 0.302. The molecule has 0 unspecified atom stereocenters. The van der Waals surface area contributed by atoms with Gasteiger partial charge in [0, 0.05) is 12.8 Å². The first-order chi connectivity index (χ1) is 11.3. The monoisotopic (exact) mass is 364 g/mol. The summed E-state index contributed by atoms with van der Waals surface area (Å²) in [5.74, 6) is 0.710. The number of benzene rings is 2. The van der Waals surface area contributed by atoms with E-state index >= 15 is 0 Å². The first-order valence-electron chi connectivity index (χ1n) is 7.28. The van der Waals surface area contributed by atoms with Crippen molar-refractivity contribution in [3.8, 4) is 5.75 Å². The lowest BCUT2D eigenvalue weighted by Gasteiger charge is -2.14. The van der Waals surface area contributed by atoms with Gasteiger partial charge in [0.05, 0.1) is 17.7 Å². The van der Waals surface area contributed by atoms with Crippen molar-refractivity contribution in [1.82, 2.24) is 5.32 Å². The van der Waals surface area contributed by atoms with Crippen molar-refractivity contribution in [3.05, 3.63) is 53.6 Å². The molecule has 0 atom stereocenters. The molecule has 2 aromatic rings. The molecular formula is C17H20N2O3S2. The average Bonchev–Trinajstić information content (AvgIpc) is 2.53. The highest BCUT2D eigenvalue weighted by Crippen LogP contribution is 2.25. The van der Waals surface area contributed by atoms with E-state index in [0.717, 1.165) is 16.8 Å². The minimum absolute atomic E-state index is 0.302. The standard InChI is InChI=1S/C17H20N2O3S2/c1-12-4-9-16(22-2)15(10-12)19-17(23)18-11-13-5-7-14(8-6-13)24(3,20)21/h4-10H,11H2,1-3H3,(H2,18,19,23). The fourth-order valence-corrected chi connectivity index (χ4v) is 2.94. The molecule has 0 heterocycles. The summed E-state index contributed by atoms with van der Waals surface area (Å²) >= 11 is 5.30. The van der Waals surface area contributed by atoms with Gasteiger partial charge in [-0.05, 0) is 54.5 Å². The summed E-state index contributed by atoms with van der Waals surface area (Å²) in [6, 6.07) is 12.5. The lowest BCUT2D eigenvalue weighted by atomic mass is 10.2. The predicted octanol–water partition coefficient (Wildman–Crippen LogP) is 2.89. The number of hydrogen-bond donors (Lipinski definition) is 2. The fourth-order valence-electron chi connectivity index (χ4n) is 2.12. The minimum Gasteiger partial charge on any atom is -0.495 e. The summed E-state index contributed by atoms with van der Waals surface area (Å²) in [6.45, 7) is 2.48. The zero-order chi connectivity index (χ0) is 17.7. The molecule has 24 heavy (non-hydrogen) atoms. The highest BCUT2D eigenvalue weighted by atomic mass is 32.2. The number of hydrogen-bond acceptors (Lipinski definition) is 4. The molecular weight excluding hydrogens is 344 g/mol. The van der Waals surface area contributed by atoms with Gasteiger partial charge in [-0.2, -0.15) is 0 Å². The lowest BCUT2D eigenvalue weighted by Crippen LogP contribution is -2.28. The van der Waals surface area contributed by atoms with Crippen LogP contribution in [0.2, 0.25) is 0 Å². The van der Waals surface area contributed by atoms with Crippen molar-refractivity contribution in [2.45, 2.75) is 18.4 Å². The molecule has 0 saturated carbocycles. The number of methoxy groups -OCH3 is 1. The molecule has 0 saturated heterocycles. The molecule has 2 rings (SSSR count). The Balaban J connectivity index is 1.97. The number of aryl methyl sites for hydroxylation is 1. The minimum atomic E-state index is -3.18. The van der Waals surface area contributed by atoms with Gasteiger partial charge in [0.1, 0.15) is 5.75 Å². The van der Waals surface area contributed by atoms with Crippen molar-refractivity contribution in [2.75, 3.05) is 18.7 Å². The van der Waals surface area contributed by atoms with E-state index in [2.05, 4.69) is 10.6 Å². The van der Waals surface area contributed by atoms with Crippen molar-refractivity contribution in [2.24, 2.45) is 0 Å². The Morgan fingerprint density at radius 3 is 2.42 bits per heavy atom. The van der Waals surface area contributed by atoms with Gasteiger partial charge in [-0.25, -0.2) is 8.42 Å². The molecule has 5 nitrogen and oxygen atoms in total. The van der Waals surface area contributed by atoms with E-state index in [-0.39, 0.29) is 0 Å². The number of rotatable bonds is 5. The van der Waals surface area contributed by atoms with Crippen LogP contribution in [0.25, 0.3) is 0 Å². The maximum absolute atomic E-state index is 11.4. The quantitative estimate of drug-likeness (QED) is 0.795. The second kappa shape index (κ2) is 7.63. The molecule has 0 amide bonds. The normalized spacial score (nSPS) is 11.0. The van der Waals surface area contributed by atoms with Crippen LogP contribution >= 0.6 is 12.2 Å². The van der Waals surface area contributed by atoms with E-state index in [1.165, 1.54) is 6.26 Å². The summed E-state index contributed by atoms with van der Waals surface area (Å²) in [5.41, 5.74) is 2.82. The average molecular weight is 364 g/mol. The second-order valence-corrected chi connectivity index (χ2v) is 7.85. The van der Waals surface area contributed by atoms with Gasteiger partial charge in [0.25, 0.3) is 0 Å². The third-order valence-electron chi connectivity index (χ3n) is 3.41. The zero-order valence-corrected chi connectivity index (χ0v) is 15.4. The first-order valence-corrected chi connectivity index (χ1v) is 9.58. The molecule has 0 radical (unpaired) electrons. The first kappa shape index (κ1) is 18.2. The van der Waals surface area contributed by atoms with Crippen LogP contribution < -0.4 is 15.4 Å². The van der Waals surface area contributed by atoms with Gasteiger partial charge in [-0.1, -0.05) is 18.2 Å². The second-order valence-electron chi connectivity index (χ2n) is 5.43. The fraction of sp³-hybridized carbons (Fsp3) is 0.235. The highest BCUT2D eigenvalue weighted by Gasteiger charge is 2.07. The van der Waals surface area contributed by atoms with Crippen LogP contribution in [0.5, 0.6) is 5.75 Å². The zero-order valence-electron chi connectivity index (χ0n) is 13.8. The van der Waals surface area contributed by atoms with Crippen molar-refractivity contribution in [1.29, 1.82) is 0 Å². The number of sulfone groups is 1. The SMILES string of the molecule is COc1ccc(C)cc1NC(=S)NCc1ccc(S(C)(=O)=O)cc1. The number of anilines is 1. The van der Waals surface area contributed by atoms with Crippen LogP contribution in [0.3, 0.4) is 0 Å². The Hall–Kier alpha value is -2.12. The van der Waals surface area contributed by atoms with Gasteiger partial charge >= 0.3 is 0 Å². The Morgan fingerprint density at radius 1 is 1.17 bits per heavy atom. The molecule has 0 aliphatic rings. The summed E-state index contributed by atoms with van der Waals surface area (Å²) < 4.78 is 28.2. The Kier molecular flexibility index (Phi) is 5.80. The van der Waals surface area contributed by atoms with Crippen molar-refractivity contribution >= 4 is 32.9 Å². The molecule has 0 aliphatic carbocycles. The van der Waals surface area contributed by atoms with E-state index in [4.69, 9.17) is 17.0 Å². The topological polar surface area (TPSA) is 67.4 Å². The molecule has 2 N–H and O–H groups in total.